The van der Waals surface area contributed by atoms with Crippen LogP contribution in [0.25, 0.3) is 0 Å². The molecule has 2 aromatic rings. The maximum absolute atomic E-state index is 13.2. The molecule has 1 aromatic carbocycles. The largest absolute Gasteiger partial charge is 0.315 e. The fourth-order valence-electron chi connectivity index (χ4n) is 4.12. The summed E-state index contributed by atoms with van der Waals surface area (Å²) in [6.07, 6.45) is 6.55. The van der Waals surface area contributed by atoms with E-state index in [1.54, 1.807) is 11.3 Å². The topological polar surface area (TPSA) is 56.1 Å². The van der Waals surface area contributed by atoms with E-state index in [1.165, 1.54) is 11.3 Å². The van der Waals surface area contributed by atoms with Crippen LogP contribution in [-0.2, 0) is 17.6 Å². The number of anilines is 1. The second-order valence-corrected chi connectivity index (χ2v) is 8.18. The van der Waals surface area contributed by atoms with E-state index in [4.69, 9.17) is 0 Å². The van der Waals surface area contributed by atoms with Crippen LogP contribution in [0.2, 0.25) is 0 Å². The maximum Gasteiger partial charge on any atom is 0.246 e. The number of carbonyl (C=O) groups excluding carboxylic acids is 1. The van der Waals surface area contributed by atoms with Crippen LogP contribution in [-0.4, -0.2) is 23.9 Å². The molecule has 5 heteroatoms. The number of rotatable bonds is 4. The summed E-state index contributed by atoms with van der Waals surface area (Å²) in [6, 6.07) is 12.0. The van der Waals surface area contributed by atoms with Crippen LogP contribution in [0, 0.1) is 11.3 Å². The third kappa shape index (κ3) is 3.27. The predicted octanol–water partition coefficient (Wildman–Crippen LogP) is 4.27. The molecular weight excluding hydrogens is 342 g/mol. The lowest BCUT2D eigenvalue weighted by Crippen LogP contribution is -2.35. The highest BCUT2D eigenvalue weighted by Crippen LogP contribution is 2.38. The minimum atomic E-state index is -0.288. The van der Waals surface area contributed by atoms with E-state index in [2.05, 4.69) is 16.3 Å². The summed E-state index contributed by atoms with van der Waals surface area (Å²) in [5, 5.41) is 13.5. The molecule has 1 aliphatic carbocycles. The van der Waals surface area contributed by atoms with Crippen molar-refractivity contribution >= 4 is 22.2 Å². The van der Waals surface area contributed by atoms with Gasteiger partial charge in [-0.25, -0.2) is 0 Å². The Morgan fingerprint density at radius 2 is 1.85 bits per heavy atom. The minimum absolute atomic E-state index is 0.0202. The summed E-state index contributed by atoms with van der Waals surface area (Å²) >= 11 is 1.60. The lowest BCUT2D eigenvalue weighted by atomic mass is 9.96. The van der Waals surface area contributed by atoms with Gasteiger partial charge in [0.05, 0.1) is 5.56 Å². The first kappa shape index (κ1) is 17.3. The van der Waals surface area contributed by atoms with E-state index >= 15 is 0 Å². The van der Waals surface area contributed by atoms with E-state index in [1.807, 2.05) is 30.3 Å². The van der Waals surface area contributed by atoms with Gasteiger partial charge < -0.3 is 5.32 Å². The Balaban J connectivity index is 1.63. The summed E-state index contributed by atoms with van der Waals surface area (Å²) in [7, 11) is 0. The number of nitrogens with one attached hydrogen (secondary N) is 1. The Bertz CT molecular complexity index is 831. The average molecular weight is 366 g/mol. The van der Waals surface area contributed by atoms with Crippen molar-refractivity contribution in [3.05, 3.63) is 51.9 Å². The molecule has 0 bridgehead atoms. The molecule has 2 heterocycles. The lowest BCUT2D eigenvalue weighted by molar-refractivity contribution is -0.121. The van der Waals surface area contributed by atoms with Crippen LogP contribution in [0.5, 0.6) is 0 Å². The molecular formula is C21H23N3OS. The molecule has 4 nitrogen and oxygen atoms in total. The monoisotopic (exact) mass is 365 g/mol. The van der Waals surface area contributed by atoms with Gasteiger partial charge in [0.2, 0.25) is 5.91 Å². The van der Waals surface area contributed by atoms with E-state index in [0.29, 0.717) is 5.56 Å². The van der Waals surface area contributed by atoms with Crippen molar-refractivity contribution in [2.45, 2.75) is 44.6 Å². The molecule has 2 aliphatic rings. The summed E-state index contributed by atoms with van der Waals surface area (Å²) in [5.41, 5.74) is 2.87. The number of benzene rings is 1. The van der Waals surface area contributed by atoms with E-state index in [-0.39, 0.29) is 11.9 Å². The summed E-state index contributed by atoms with van der Waals surface area (Å²) < 4.78 is 0. The van der Waals surface area contributed by atoms with Gasteiger partial charge in [-0.2, -0.15) is 5.26 Å². The zero-order chi connectivity index (χ0) is 17.9. The molecule has 1 atom stereocenters. The van der Waals surface area contributed by atoms with Gasteiger partial charge in [-0.15, -0.1) is 11.3 Å². The fourth-order valence-corrected chi connectivity index (χ4v) is 5.36. The number of carbonyl (C=O) groups is 1. The summed E-state index contributed by atoms with van der Waals surface area (Å²) in [6.45, 7) is 1.89. The number of fused-ring (bicyclic) bond motifs is 1. The van der Waals surface area contributed by atoms with Gasteiger partial charge in [-0.05, 0) is 62.7 Å². The first-order chi connectivity index (χ1) is 12.8. The highest BCUT2D eigenvalue weighted by Gasteiger charge is 2.31. The Labute approximate surface area is 158 Å². The maximum atomic E-state index is 13.2. The molecule has 0 saturated carbocycles. The van der Waals surface area contributed by atoms with Crippen molar-refractivity contribution in [1.82, 2.24) is 4.90 Å². The number of thiophene rings is 1. The van der Waals surface area contributed by atoms with Crippen LogP contribution < -0.4 is 5.32 Å². The van der Waals surface area contributed by atoms with Crippen molar-refractivity contribution in [2.75, 3.05) is 18.4 Å². The molecule has 1 amide bonds. The summed E-state index contributed by atoms with van der Waals surface area (Å²) in [5.74, 6) is -0.0202. The molecule has 0 spiro atoms. The third-order valence-electron chi connectivity index (χ3n) is 5.39. The van der Waals surface area contributed by atoms with E-state index in [0.717, 1.165) is 61.3 Å². The van der Waals surface area contributed by atoms with Crippen molar-refractivity contribution < 1.29 is 4.79 Å². The number of nitriles is 1. The molecule has 134 valence electrons. The molecule has 1 fully saturated rings. The summed E-state index contributed by atoms with van der Waals surface area (Å²) in [4.78, 5) is 16.8. The fraction of sp³-hybridized carbons (Fsp3) is 0.429. The highest BCUT2D eigenvalue weighted by molar-refractivity contribution is 7.16. The number of hydrogen-bond donors (Lipinski definition) is 1. The first-order valence-corrected chi connectivity index (χ1v) is 10.2. The molecule has 1 unspecified atom stereocenters. The van der Waals surface area contributed by atoms with Crippen molar-refractivity contribution in [3.63, 3.8) is 0 Å². The zero-order valence-corrected chi connectivity index (χ0v) is 15.6. The Kier molecular flexibility index (Phi) is 5.05. The predicted molar refractivity (Wildman–Crippen MR) is 104 cm³/mol. The van der Waals surface area contributed by atoms with Crippen molar-refractivity contribution in [3.8, 4) is 6.07 Å². The Morgan fingerprint density at radius 3 is 2.58 bits per heavy atom. The molecule has 0 radical (unpaired) electrons. The second kappa shape index (κ2) is 7.61. The van der Waals surface area contributed by atoms with Crippen molar-refractivity contribution in [1.29, 1.82) is 5.26 Å². The van der Waals surface area contributed by atoms with Crippen molar-refractivity contribution in [2.24, 2.45) is 0 Å². The van der Waals surface area contributed by atoms with Gasteiger partial charge in [-0.1, -0.05) is 30.3 Å². The standard InChI is InChI=1S/C21H23N3OS/c22-14-17-16-10-4-5-11-18(16)26-21(17)23-20(25)19(24-12-6-7-13-24)15-8-2-1-3-9-15/h1-3,8-9,19H,4-7,10-13H2,(H,23,25). The van der Waals surface area contributed by atoms with Crippen LogP contribution in [0.4, 0.5) is 5.00 Å². The van der Waals surface area contributed by atoms with Gasteiger partial charge >= 0.3 is 0 Å². The molecule has 1 aromatic heterocycles. The number of hydrogen-bond acceptors (Lipinski definition) is 4. The average Bonchev–Trinajstić information content (AvgIpc) is 3.30. The molecule has 1 saturated heterocycles. The van der Waals surface area contributed by atoms with E-state index in [9.17, 15) is 10.1 Å². The number of amides is 1. The number of aryl methyl sites for hydroxylation is 1. The quantitative estimate of drug-likeness (QED) is 0.880. The van der Waals surface area contributed by atoms with Gasteiger partial charge in [0.25, 0.3) is 0 Å². The van der Waals surface area contributed by atoms with Crippen LogP contribution >= 0.6 is 11.3 Å². The first-order valence-electron chi connectivity index (χ1n) is 9.42. The van der Waals surface area contributed by atoms with Gasteiger partial charge in [0.15, 0.2) is 0 Å². The van der Waals surface area contributed by atoms with E-state index < -0.39 is 0 Å². The zero-order valence-electron chi connectivity index (χ0n) is 14.8. The lowest BCUT2D eigenvalue weighted by Gasteiger charge is -2.26. The third-order valence-corrected chi connectivity index (χ3v) is 6.60. The van der Waals surface area contributed by atoms with Crippen LogP contribution in [0.15, 0.2) is 30.3 Å². The number of nitrogens with zero attached hydrogens (tertiary/aromatic N) is 2. The van der Waals surface area contributed by atoms with Gasteiger partial charge in [-0.3, -0.25) is 9.69 Å². The molecule has 1 aliphatic heterocycles. The minimum Gasteiger partial charge on any atom is -0.315 e. The molecule has 4 rings (SSSR count). The Morgan fingerprint density at radius 1 is 1.12 bits per heavy atom. The smallest absolute Gasteiger partial charge is 0.246 e. The molecule has 26 heavy (non-hydrogen) atoms. The van der Waals surface area contributed by atoms with Gasteiger partial charge in [0, 0.05) is 4.88 Å². The molecule has 1 N–H and O–H groups in total. The normalized spacial score (nSPS) is 18.1. The SMILES string of the molecule is N#Cc1c(NC(=O)C(c2ccccc2)N2CCCC2)sc2c1CCCC2. The highest BCUT2D eigenvalue weighted by atomic mass is 32.1. The Hall–Kier alpha value is -2.16. The second-order valence-electron chi connectivity index (χ2n) is 7.07. The van der Waals surface area contributed by atoms with Crippen LogP contribution in [0.1, 0.15) is 53.3 Å². The van der Waals surface area contributed by atoms with Gasteiger partial charge in [0.1, 0.15) is 17.1 Å². The van der Waals surface area contributed by atoms with Crippen LogP contribution in [0.3, 0.4) is 0 Å². The number of likely N-dealkylation sites (tertiary alicyclic amines) is 1.